The number of carbonyl (C=O) groups is 1. The molecule has 16 nitrogen and oxygen atoms in total. The van der Waals surface area contributed by atoms with Crippen LogP contribution in [0.2, 0.25) is 0 Å². The maximum Gasteiger partial charge on any atom is 1.00 e. The molecule has 1 aromatic rings. The molecule has 0 spiro atoms. The zero-order valence-electron chi connectivity index (χ0n) is 38.9. The van der Waals surface area contributed by atoms with E-state index in [-0.39, 0.29) is 76.8 Å². The van der Waals surface area contributed by atoms with E-state index in [1.165, 1.54) is 127 Å². The maximum absolute atomic E-state index is 12.8. The molecule has 3 unspecified atom stereocenters. The Kier molecular flexibility index (Phi) is 38.9. The number of ether oxygens (including phenoxy) is 2. The quantitative estimate of drug-likeness (QED) is 0.0321. The van der Waals surface area contributed by atoms with Gasteiger partial charge in [-0.1, -0.05) is 162 Å². The van der Waals surface area contributed by atoms with Gasteiger partial charge in [0.15, 0.2) is 6.23 Å². The molecule has 1 saturated heterocycles. The summed E-state index contributed by atoms with van der Waals surface area (Å²) in [6.45, 7) is 2.89. The molecule has 1 aliphatic heterocycles. The van der Waals surface area contributed by atoms with Crippen molar-refractivity contribution in [3.63, 3.8) is 0 Å². The summed E-state index contributed by atoms with van der Waals surface area (Å²) in [4.78, 5) is 39.1. The van der Waals surface area contributed by atoms with Crippen LogP contribution in [0.5, 0.6) is 6.01 Å². The molecule has 0 bridgehead atoms. The van der Waals surface area contributed by atoms with Gasteiger partial charge in [0.2, 0.25) is 0 Å². The first kappa shape index (κ1) is 63.6. The maximum atomic E-state index is 12.8. The molecular weight excluding hydrogens is 894 g/mol. The zero-order chi connectivity index (χ0) is 44.8. The van der Waals surface area contributed by atoms with Crippen LogP contribution in [0.15, 0.2) is 12.3 Å². The van der Waals surface area contributed by atoms with Gasteiger partial charge >= 0.3 is 72.9 Å². The van der Waals surface area contributed by atoms with Crippen molar-refractivity contribution < 1.29 is 121 Å². The molecule has 7 atom stereocenters. The first-order valence-electron chi connectivity index (χ1n) is 23.0. The number of unbranched alkanes of at least 4 members (excludes halogenated alkanes) is 23. The molecule has 356 valence electrons. The molecule has 0 aromatic carbocycles. The average Bonchev–Trinajstić information content (AvgIpc) is 3.49. The fourth-order valence-electron chi connectivity index (χ4n) is 7.13. The molecule has 0 aliphatic carbocycles. The van der Waals surface area contributed by atoms with Crippen molar-refractivity contribution in [2.45, 2.75) is 211 Å². The Balaban J connectivity index is 0.0000192. The van der Waals surface area contributed by atoms with Crippen LogP contribution in [-0.2, 0) is 36.8 Å². The molecule has 0 amide bonds. The average molecular weight is 972 g/mol. The molecule has 0 radical (unpaired) electrons. The van der Waals surface area contributed by atoms with E-state index in [4.69, 9.17) is 23.9 Å². The number of aromatic nitrogens is 2. The van der Waals surface area contributed by atoms with Gasteiger partial charge in [0.1, 0.15) is 29.9 Å². The number of aliphatic hydroxyl groups is 2. The summed E-state index contributed by atoms with van der Waals surface area (Å²) in [7, 11) is -10.9. The van der Waals surface area contributed by atoms with Gasteiger partial charge < -0.3 is 43.7 Å². The first-order chi connectivity index (χ1) is 29.3. The number of hydrogen-bond acceptors (Lipinski definition) is 15. The van der Waals surface area contributed by atoms with Gasteiger partial charge in [-0.2, -0.15) is 11.8 Å². The van der Waals surface area contributed by atoms with Crippen molar-refractivity contribution in [2.24, 2.45) is 0 Å². The molecule has 1 aliphatic rings. The first-order valence-corrected chi connectivity index (χ1v) is 27.1. The van der Waals surface area contributed by atoms with Crippen molar-refractivity contribution in [3.8, 4) is 6.01 Å². The Morgan fingerprint density at radius 2 is 1.29 bits per heavy atom. The number of phosphoric ester groups is 2. The Hall–Kier alpha value is 0.640. The third-order valence-electron chi connectivity index (χ3n) is 10.7. The van der Waals surface area contributed by atoms with Gasteiger partial charge in [-0.15, -0.1) is 0 Å². The standard InChI is InChI=1S/C42H79N3O13P2S.2Na/c1-3-5-7-9-11-13-15-17-18-20-22-24-26-28-38(46)56-35(34-61-31-27-25-23-21-19-16-14-12-10-8-6-4-2)32-54-59(50,51)58-60(52,53)55-33-36-39(47)40(48)41(57-36)45-30-29-37(43)44-42(45)49;;/h29-30,35-36,39-41,47-48H,3-28,31-34H2,1-2H3,(H,50,51)(H,52,53)(H2,43,44,49);;/q;2*+1/p-2/t35?,36-,39-,40+,41-;;/m1../s1. The fourth-order valence-corrected chi connectivity index (χ4v) is 10.2. The number of hydrogen-bond donors (Lipinski definition) is 4. The Morgan fingerprint density at radius 3 is 1.78 bits per heavy atom. The van der Waals surface area contributed by atoms with E-state index in [9.17, 15) is 39.0 Å². The summed E-state index contributed by atoms with van der Waals surface area (Å²) in [6, 6.07) is 0.206. The number of phosphoric acid groups is 2. The Bertz CT molecular complexity index is 1470. The van der Waals surface area contributed by atoms with Crippen LogP contribution in [-0.4, -0.2) is 79.8 Å². The van der Waals surface area contributed by atoms with E-state index in [0.29, 0.717) is 6.42 Å². The summed E-state index contributed by atoms with van der Waals surface area (Å²) in [5, 5.41) is 40.4. The van der Waals surface area contributed by atoms with E-state index in [1.54, 1.807) is 0 Å². The molecule has 21 heteroatoms. The Labute approximate surface area is 425 Å². The molecule has 0 saturated carbocycles. The number of aliphatic hydroxyl groups excluding tert-OH is 2. The summed E-state index contributed by atoms with van der Waals surface area (Å²) >= 11 is 1.51. The van der Waals surface area contributed by atoms with E-state index >= 15 is 0 Å². The predicted octanol–water partition coefficient (Wildman–Crippen LogP) is 2.51. The van der Waals surface area contributed by atoms with E-state index in [1.807, 2.05) is 0 Å². The van der Waals surface area contributed by atoms with Crippen molar-refractivity contribution in [1.82, 2.24) is 9.55 Å². The van der Waals surface area contributed by atoms with Crippen LogP contribution >= 0.6 is 27.4 Å². The topological polar surface area (TPSA) is 246 Å². The molecule has 2 rings (SSSR count). The molecule has 2 heterocycles. The van der Waals surface area contributed by atoms with Gasteiger partial charge in [0.05, 0.1) is 19.2 Å². The smallest absolute Gasteiger partial charge is 0.846 e. The van der Waals surface area contributed by atoms with Gasteiger partial charge in [0, 0.05) is 18.4 Å². The molecule has 1 fully saturated rings. The number of nitrogens with zero attached hydrogens (tertiary/aromatic N) is 2. The second kappa shape index (κ2) is 38.5. The van der Waals surface area contributed by atoms with Gasteiger partial charge in [0.25, 0.3) is 7.82 Å². The van der Waals surface area contributed by atoms with Crippen LogP contribution in [0, 0.1) is 5.41 Å². The number of thioether (sulfide) groups is 1. The van der Waals surface area contributed by atoms with Crippen molar-refractivity contribution >= 4 is 33.4 Å². The molecule has 1 aromatic heterocycles. The fraction of sp³-hybridized carbons (Fsp3) is 0.881. The molecule has 4 N–H and O–H groups in total. The van der Waals surface area contributed by atoms with Crippen molar-refractivity contribution in [2.75, 3.05) is 24.7 Å². The minimum atomic E-state index is -5.51. The van der Waals surface area contributed by atoms with Gasteiger partial charge in [-0.25, -0.2) is 13.9 Å². The second-order valence-electron chi connectivity index (χ2n) is 16.2. The third kappa shape index (κ3) is 30.7. The summed E-state index contributed by atoms with van der Waals surface area (Å²) in [6.07, 6.45) is 23.9. The second-order valence-corrected chi connectivity index (χ2v) is 20.4. The van der Waals surface area contributed by atoms with Crippen LogP contribution in [0.1, 0.15) is 187 Å². The van der Waals surface area contributed by atoms with E-state index in [2.05, 4.69) is 23.1 Å². The number of nitrogens with one attached hydrogen (secondary N) is 1. The number of rotatable bonds is 39. The SMILES string of the molecule is CCCCCCCCCCCCCCCC(=O)OC(COP(=O)([O-])OP(=O)(O)OC[C@H]1O[C@@H](n2ccc(=N)nc2[O-])[C@@H](O)[C@@H]1O)CSCCCCCCCCCCCCCC.[Na+].[Na+]. The third-order valence-corrected chi connectivity index (χ3v) is 14.4. The number of carbonyl (C=O) groups excluding carboxylic acids is 1. The largest absolute Gasteiger partial charge is 1.00 e. The zero-order valence-corrected chi connectivity index (χ0v) is 45.5. The summed E-state index contributed by atoms with van der Waals surface area (Å²) in [5.41, 5.74) is -0.333. The minimum absolute atomic E-state index is 0. The van der Waals surface area contributed by atoms with E-state index < -0.39 is 71.5 Å². The Morgan fingerprint density at radius 1 is 0.810 bits per heavy atom. The monoisotopic (exact) mass is 971 g/mol. The van der Waals surface area contributed by atoms with Gasteiger partial charge in [-0.3, -0.25) is 19.3 Å². The van der Waals surface area contributed by atoms with Crippen LogP contribution in [0.25, 0.3) is 0 Å². The summed E-state index contributed by atoms with van der Waals surface area (Å²) < 4.78 is 51.3. The van der Waals surface area contributed by atoms with Crippen molar-refractivity contribution in [1.29, 1.82) is 5.41 Å². The van der Waals surface area contributed by atoms with Crippen LogP contribution in [0.3, 0.4) is 0 Å². The predicted molar refractivity (Wildman–Crippen MR) is 232 cm³/mol. The van der Waals surface area contributed by atoms with Crippen LogP contribution in [0.4, 0.5) is 0 Å². The molecular formula is C42H77N3Na2O13P2S. The van der Waals surface area contributed by atoms with Gasteiger partial charge in [-0.05, 0) is 24.7 Å². The van der Waals surface area contributed by atoms with Crippen LogP contribution < -0.4 is 74.6 Å². The minimum Gasteiger partial charge on any atom is -0.846 e. The number of esters is 1. The molecule has 63 heavy (non-hydrogen) atoms. The summed E-state index contributed by atoms with van der Waals surface area (Å²) in [5.74, 6) is 0.546. The van der Waals surface area contributed by atoms with Crippen molar-refractivity contribution in [3.05, 3.63) is 17.8 Å². The normalized spacial score (nSPS) is 19.7. The van der Waals surface area contributed by atoms with E-state index in [0.717, 1.165) is 61.1 Å².